The Kier molecular flexibility index (Phi) is 5.30. The lowest BCUT2D eigenvalue weighted by Gasteiger charge is -2.47. The lowest BCUT2D eigenvalue weighted by molar-refractivity contribution is -0.134. The minimum Gasteiger partial charge on any atom is -0.478 e. The zero-order valence-corrected chi connectivity index (χ0v) is 15.5. The third-order valence-corrected chi connectivity index (χ3v) is 4.60. The van der Waals surface area contributed by atoms with E-state index in [2.05, 4.69) is 19.2 Å². The molecule has 132 valence electrons. The first kappa shape index (κ1) is 17.8. The molecule has 0 spiro atoms. The van der Waals surface area contributed by atoms with E-state index in [1.807, 2.05) is 36.1 Å². The van der Waals surface area contributed by atoms with Gasteiger partial charge in [0.1, 0.15) is 5.75 Å². The molecule has 0 aliphatic carbocycles. The predicted octanol–water partition coefficient (Wildman–Crippen LogP) is 3.81. The molecule has 1 N–H and O–H groups in total. The quantitative estimate of drug-likeness (QED) is 0.798. The number of hydrogen-bond donors (Lipinski definition) is 1. The molecule has 1 heterocycles. The summed E-state index contributed by atoms with van der Waals surface area (Å²) < 4.78 is 5.96. The molecule has 2 unspecified atom stereocenters. The van der Waals surface area contributed by atoms with Crippen molar-refractivity contribution in [3.63, 3.8) is 0 Å². The summed E-state index contributed by atoms with van der Waals surface area (Å²) in [4.78, 5) is 14.6. The van der Waals surface area contributed by atoms with Gasteiger partial charge in [-0.1, -0.05) is 43.6 Å². The average molecular weight is 359 g/mol. The second kappa shape index (κ2) is 7.46. The number of para-hydroxylation sites is 1. The van der Waals surface area contributed by atoms with Gasteiger partial charge in [-0.2, -0.15) is 0 Å². The highest BCUT2D eigenvalue weighted by Crippen LogP contribution is 2.33. The topological polar surface area (TPSA) is 41.6 Å². The average Bonchev–Trinajstić information content (AvgIpc) is 2.59. The molecule has 2 atom stereocenters. The van der Waals surface area contributed by atoms with E-state index < -0.39 is 6.10 Å². The number of rotatable bonds is 6. The summed E-state index contributed by atoms with van der Waals surface area (Å²) in [5.74, 6) is 0.640. The number of carbonyl (C=O) groups is 1. The second-order valence-electron chi connectivity index (χ2n) is 6.62. The molecule has 1 saturated heterocycles. The third kappa shape index (κ3) is 3.80. The van der Waals surface area contributed by atoms with Crippen LogP contribution in [0.3, 0.4) is 0 Å². The number of aryl methyl sites for hydroxylation is 1. The number of halogens is 1. The molecule has 2 aromatic rings. The first-order chi connectivity index (χ1) is 12.0. The Morgan fingerprint density at radius 2 is 1.84 bits per heavy atom. The lowest BCUT2D eigenvalue weighted by atomic mass is 9.94. The molecular formula is C20H23ClN2O2. The Labute approximate surface area is 153 Å². The van der Waals surface area contributed by atoms with Gasteiger partial charge in [-0.25, -0.2) is 0 Å². The molecule has 0 radical (unpaired) electrons. The number of anilines is 1. The van der Waals surface area contributed by atoms with Gasteiger partial charge in [-0.15, -0.1) is 0 Å². The van der Waals surface area contributed by atoms with Crippen molar-refractivity contribution in [1.29, 1.82) is 0 Å². The molecule has 1 aliphatic rings. The van der Waals surface area contributed by atoms with E-state index in [-0.39, 0.29) is 11.9 Å². The van der Waals surface area contributed by atoms with Crippen LogP contribution in [0.15, 0.2) is 48.5 Å². The summed E-state index contributed by atoms with van der Waals surface area (Å²) in [5.41, 5.74) is 2.02. The number of hydrogen-bond acceptors (Lipinski definition) is 3. The van der Waals surface area contributed by atoms with Gasteiger partial charge in [0.05, 0.1) is 6.04 Å². The van der Waals surface area contributed by atoms with Crippen molar-refractivity contribution in [1.82, 2.24) is 5.32 Å². The standard InChI is InChI=1S/C20H23ClN2O2/c1-13(2)22-12-18-19(25-16-10-8-15(21)9-11-16)20(24)23(18)17-7-5-4-6-14(17)3/h4-11,13,18-19,22H,12H2,1-3H3. The zero-order chi connectivity index (χ0) is 18.0. The monoisotopic (exact) mass is 358 g/mol. The Bertz CT molecular complexity index is 746. The number of nitrogens with zero attached hydrogens (tertiary/aromatic N) is 1. The fourth-order valence-electron chi connectivity index (χ4n) is 2.99. The number of β-lactam (4-membered cyclic amide) rings is 1. The fourth-order valence-corrected chi connectivity index (χ4v) is 3.12. The maximum Gasteiger partial charge on any atom is 0.270 e. The van der Waals surface area contributed by atoms with Crippen molar-refractivity contribution >= 4 is 23.2 Å². The predicted molar refractivity (Wildman–Crippen MR) is 101 cm³/mol. The van der Waals surface area contributed by atoms with E-state index in [0.29, 0.717) is 23.4 Å². The fraction of sp³-hybridized carbons (Fsp3) is 0.350. The zero-order valence-electron chi connectivity index (χ0n) is 14.7. The molecular weight excluding hydrogens is 336 g/mol. The molecule has 2 aromatic carbocycles. The van der Waals surface area contributed by atoms with Crippen LogP contribution >= 0.6 is 11.6 Å². The van der Waals surface area contributed by atoms with Crippen LogP contribution in [0.1, 0.15) is 19.4 Å². The van der Waals surface area contributed by atoms with Gasteiger partial charge in [0.2, 0.25) is 0 Å². The van der Waals surface area contributed by atoms with Gasteiger partial charge in [0, 0.05) is 23.3 Å². The van der Waals surface area contributed by atoms with Gasteiger partial charge in [-0.05, 0) is 42.8 Å². The summed E-state index contributed by atoms with van der Waals surface area (Å²) in [6.45, 7) is 6.88. The number of carbonyl (C=O) groups excluding carboxylic acids is 1. The normalized spacial score (nSPS) is 19.9. The molecule has 25 heavy (non-hydrogen) atoms. The largest absolute Gasteiger partial charge is 0.478 e. The van der Waals surface area contributed by atoms with E-state index in [1.54, 1.807) is 24.3 Å². The number of amides is 1. The Hall–Kier alpha value is -2.04. The molecule has 1 aliphatic heterocycles. The number of nitrogens with one attached hydrogen (secondary N) is 1. The van der Waals surface area contributed by atoms with Crippen LogP contribution in [0.5, 0.6) is 5.75 Å². The van der Waals surface area contributed by atoms with E-state index in [4.69, 9.17) is 16.3 Å². The second-order valence-corrected chi connectivity index (χ2v) is 7.05. The first-order valence-electron chi connectivity index (χ1n) is 8.51. The van der Waals surface area contributed by atoms with Crippen molar-refractivity contribution in [3.8, 4) is 5.75 Å². The van der Waals surface area contributed by atoms with Crippen LogP contribution in [-0.2, 0) is 4.79 Å². The van der Waals surface area contributed by atoms with Crippen molar-refractivity contribution in [2.45, 2.75) is 39.0 Å². The summed E-state index contributed by atoms with van der Waals surface area (Å²) in [7, 11) is 0. The first-order valence-corrected chi connectivity index (χ1v) is 8.89. The Morgan fingerprint density at radius 3 is 2.48 bits per heavy atom. The van der Waals surface area contributed by atoms with Crippen molar-refractivity contribution in [2.75, 3.05) is 11.4 Å². The van der Waals surface area contributed by atoms with Gasteiger partial charge in [0.25, 0.3) is 5.91 Å². The van der Waals surface area contributed by atoms with Gasteiger partial charge < -0.3 is 15.0 Å². The highest BCUT2D eigenvalue weighted by Gasteiger charge is 2.50. The maximum atomic E-state index is 12.8. The number of benzene rings is 2. The van der Waals surface area contributed by atoms with E-state index in [0.717, 1.165) is 11.3 Å². The van der Waals surface area contributed by atoms with E-state index in [1.165, 1.54) is 0 Å². The van der Waals surface area contributed by atoms with E-state index >= 15 is 0 Å². The molecule has 3 rings (SSSR count). The summed E-state index contributed by atoms with van der Waals surface area (Å²) in [5, 5.41) is 4.06. The summed E-state index contributed by atoms with van der Waals surface area (Å²) in [6.07, 6.45) is -0.493. The smallest absolute Gasteiger partial charge is 0.270 e. The van der Waals surface area contributed by atoms with Crippen LogP contribution < -0.4 is 15.0 Å². The highest BCUT2D eigenvalue weighted by molar-refractivity contribution is 6.30. The number of ether oxygens (including phenoxy) is 1. The molecule has 0 bridgehead atoms. The van der Waals surface area contributed by atoms with Crippen LogP contribution in [0.25, 0.3) is 0 Å². The molecule has 4 nitrogen and oxygen atoms in total. The van der Waals surface area contributed by atoms with Crippen LogP contribution in [0, 0.1) is 6.92 Å². The lowest BCUT2D eigenvalue weighted by Crippen LogP contribution is -2.70. The van der Waals surface area contributed by atoms with Gasteiger partial charge in [0.15, 0.2) is 6.10 Å². The van der Waals surface area contributed by atoms with Gasteiger partial charge >= 0.3 is 0 Å². The van der Waals surface area contributed by atoms with E-state index in [9.17, 15) is 4.79 Å². The Morgan fingerprint density at radius 1 is 1.16 bits per heavy atom. The van der Waals surface area contributed by atoms with Crippen molar-refractivity contribution in [3.05, 3.63) is 59.1 Å². The molecule has 1 amide bonds. The van der Waals surface area contributed by atoms with Gasteiger partial charge in [-0.3, -0.25) is 4.79 Å². The third-order valence-electron chi connectivity index (χ3n) is 4.35. The SMILES string of the molecule is Cc1ccccc1N1C(=O)C(Oc2ccc(Cl)cc2)C1CNC(C)C. The molecule has 5 heteroatoms. The highest BCUT2D eigenvalue weighted by atomic mass is 35.5. The molecule has 0 saturated carbocycles. The van der Waals surface area contributed by atoms with Crippen LogP contribution in [-0.4, -0.2) is 30.6 Å². The minimum absolute atomic E-state index is 0.0141. The molecule has 1 fully saturated rings. The van der Waals surface area contributed by atoms with Crippen LogP contribution in [0.2, 0.25) is 5.02 Å². The summed E-state index contributed by atoms with van der Waals surface area (Å²) >= 11 is 5.92. The molecule has 0 aromatic heterocycles. The van der Waals surface area contributed by atoms with Crippen LogP contribution in [0.4, 0.5) is 5.69 Å². The van der Waals surface area contributed by atoms with Crippen molar-refractivity contribution in [2.24, 2.45) is 0 Å². The maximum absolute atomic E-state index is 12.8. The Balaban J connectivity index is 1.81. The van der Waals surface area contributed by atoms with Crippen molar-refractivity contribution < 1.29 is 9.53 Å². The minimum atomic E-state index is -0.493. The summed E-state index contributed by atoms with van der Waals surface area (Å²) in [6, 6.07) is 15.3.